The number of rotatable bonds is 6. The third kappa shape index (κ3) is 5.00. The molecule has 1 aliphatic heterocycles. The fourth-order valence-electron chi connectivity index (χ4n) is 2.69. The van der Waals surface area contributed by atoms with Gasteiger partial charge in [0.25, 0.3) is 5.91 Å². The van der Waals surface area contributed by atoms with Gasteiger partial charge >= 0.3 is 0 Å². The summed E-state index contributed by atoms with van der Waals surface area (Å²) in [6, 6.07) is 9.29. The molecule has 1 atom stereocenters. The van der Waals surface area contributed by atoms with Gasteiger partial charge in [-0.25, -0.2) is 0 Å². The van der Waals surface area contributed by atoms with Crippen LogP contribution in [-0.2, 0) is 4.79 Å². The summed E-state index contributed by atoms with van der Waals surface area (Å²) in [6.45, 7) is 1.87. The quantitative estimate of drug-likeness (QED) is 0.779. The van der Waals surface area contributed by atoms with Gasteiger partial charge in [-0.15, -0.1) is 12.4 Å². The molecule has 1 fully saturated rings. The van der Waals surface area contributed by atoms with Crippen LogP contribution in [0.4, 0.5) is 0 Å². The third-order valence-electron chi connectivity index (χ3n) is 3.86. The standard InChI is InChI=1S/C16H23N3O2.ClH/c17-12-14-8-5-11-19(14)15(20)9-4-10-18-16(21)13-6-2-1-3-7-13;/h1-3,6-7,14H,4-5,8-12,17H2,(H,18,21);1H. The van der Waals surface area contributed by atoms with E-state index in [4.69, 9.17) is 5.73 Å². The van der Waals surface area contributed by atoms with Gasteiger partial charge in [0, 0.05) is 37.7 Å². The van der Waals surface area contributed by atoms with Crippen molar-refractivity contribution in [3.63, 3.8) is 0 Å². The minimum absolute atomic E-state index is 0. The normalized spacial score (nSPS) is 17.0. The predicted molar refractivity (Wildman–Crippen MR) is 89.0 cm³/mol. The number of hydrogen-bond donors (Lipinski definition) is 2. The average Bonchev–Trinajstić information content (AvgIpc) is 3.00. The van der Waals surface area contributed by atoms with E-state index in [1.807, 2.05) is 23.1 Å². The fraction of sp³-hybridized carbons (Fsp3) is 0.500. The number of nitrogens with zero attached hydrogens (tertiary/aromatic N) is 1. The van der Waals surface area contributed by atoms with Crippen molar-refractivity contribution in [2.45, 2.75) is 31.7 Å². The number of likely N-dealkylation sites (tertiary alicyclic amines) is 1. The van der Waals surface area contributed by atoms with Crippen LogP contribution in [0.15, 0.2) is 30.3 Å². The number of carbonyl (C=O) groups is 2. The van der Waals surface area contributed by atoms with Gasteiger partial charge in [-0.05, 0) is 31.4 Å². The van der Waals surface area contributed by atoms with Crippen LogP contribution in [0.1, 0.15) is 36.0 Å². The van der Waals surface area contributed by atoms with E-state index in [1.165, 1.54) is 0 Å². The Hall–Kier alpha value is -1.59. The zero-order chi connectivity index (χ0) is 15.1. The van der Waals surface area contributed by atoms with Gasteiger partial charge in [0.15, 0.2) is 0 Å². The van der Waals surface area contributed by atoms with E-state index in [1.54, 1.807) is 12.1 Å². The lowest BCUT2D eigenvalue weighted by atomic mass is 10.2. The molecule has 5 nitrogen and oxygen atoms in total. The summed E-state index contributed by atoms with van der Waals surface area (Å²) in [5, 5.41) is 2.84. The smallest absolute Gasteiger partial charge is 0.251 e. The number of hydrogen-bond acceptors (Lipinski definition) is 3. The molecule has 2 rings (SSSR count). The predicted octanol–water partition coefficient (Wildman–Crippen LogP) is 1.57. The van der Waals surface area contributed by atoms with Gasteiger partial charge in [-0.3, -0.25) is 9.59 Å². The molecule has 0 aromatic heterocycles. The van der Waals surface area contributed by atoms with Crippen molar-refractivity contribution in [1.29, 1.82) is 0 Å². The minimum Gasteiger partial charge on any atom is -0.352 e. The van der Waals surface area contributed by atoms with Crippen LogP contribution in [0.5, 0.6) is 0 Å². The number of nitrogens with two attached hydrogens (primary N) is 1. The highest BCUT2D eigenvalue weighted by atomic mass is 35.5. The summed E-state index contributed by atoms with van der Waals surface area (Å²) in [5.41, 5.74) is 6.32. The Kier molecular flexibility index (Phi) is 7.91. The van der Waals surface area contributed by atoms with Gasteiger partial charge < -0.3 is 16.0 Å². The molecule has 1 heterocycles. The van der Waals surface area contributed by atoms with Crippen molar-refractivity contribution in [3.05, 3.63) is 35.9 Å². The topological polar surface area (TPSA) is 75.4 Å². The first-order chi connectivity index (χ1) is 10.2. The second-order valence-corrected chi connectivity index (χ2v) is 5.34. The Morgan fingerprint density at radius 2 is 2.00 bits per heavy atom. The first-order valence-electron chi connectivity index (χ1n) is 7.55. The molecule has 0 bridgehead atoms. The van der Waals surface area contributed by atoms with Gasteiger partial charge in [-0.1, -0.05) is 18.2 Å². The highest BCUT2D eigenvalue weighted by Gasteiger charge is 2.26. The highest BCUT2D eigenvalue weighted by molar-refractivity contribution is 5.94. The van der Waals surface area contributed by atoms with E-state index >= 15 is 0 Å². The first kappa shape index (κ1) is 18.5. The van der Waals surface area contributed by atoms with Crippen LogP contribution in [0.25, 0.3) is 0 Å². The molecule has 0 radical (unpaired) electrons. The molecular formula is C16H24ClN3O2. The van der Waals surface area contributed by atoms with Crippen molar-refractivity contribution < 1.29 is 9.59 Å². The van der Waals surface area contributed by atoms with E-state index in [2.05, 4.69) is 5.32 Å². The number of benzene rings is 1. The summed E-state index contributed by atoms with van der Waals surface area (Å²) < 4.78 is 0. The first-order valence-corrected chi connectivity index (χ1v) is 7.55. The largest absolute Gasteiger partial charge is 0.352 e. The number of nitrogens with one attached hydrogen (secondary N) is 1. The van der Waals surface area contributed by atoms with Crippen LogP contribution < -0.4 is 11.1 Å². The molecular weight excluding hydrogens is 302 g/mol. The molecule has 0 saturated carbocycles. The summed E-state index contributed by atoms with van der Waals surface area (Å²) in [6.07, 6.45) is 3.17. The molecule has 1 aliphatic rings. The summed E-state index contributed by atoms with van der Waals surface area (Å²) in [5.74, 6) is 0.0565. The molecule has 22 heavy (non-hydrogen) atoms. The van der Waals surface area contributed by atoms with Crippen LogP contribution in [0.3, 0.4) is 0 Å². The zero-order valence-corrected chi connectivity index (χ0v) is 13.5. The van der Waals surface area contributed by atoms with E-state index in [0.29, 0.717) is 31.5 Å². The zero-order valence-electron chi connectivity index (χ0n) is 12.7. The van der Waals surface area contributed by atoms with Gasteiger partial charge in [0.05, 0.1) is 0 Å². The molecule has 1 aromatic carbocycles. The van der Waals surface area contributed by atoms with E-state index in [9.17, 15) is 9.59 Å². The molecule has 122 valence electrons. The highest BCUT2D eigenvalue weighted by Crippen LogP contribution is 2.17. The molecule has 3 N–H and O–H groups in total. The van der Waals surface area contributed by atoms with Crippen molar-refractivity contribution >= 4 is 24.2 Å². The van der Waals surface area contributed by atoms with E-state index in [-0.39, 0.29) is 30.3 Å². The molecule has 6 heteroatoms. The Balaban J connectivity index is 0.00000242. The van der Waals surface area contributed by atoms with Crippen LogP contribution in [0, 0.1) is 0 Å². The Morgan fingerprint density at radius 1 is 1.27 bits per heavy atom. The molecule has 2 amide bonds. The fourth-order valence-corrected chi connectivity index (χ4v) is 2.69. The van der Waals surface area contributed by atoms with Crippen molar-refractivity contribution in [1.82, 2.24) is 10.2 Å². The summed E-state index contributed by atoms with van der Waals surface area (Å²) in [7, 11) is 0. The van der Waals surface area contributed by atoms with Crippen LogP contribution in [-0.4, -0.2) is 42.4 Å². The van der Waals surface area contributed by atoms with Crippen LogP contribution >= 0.6 is 12.4 Å². The number of amides is 2. The Morgan fingerprint density at radius 3 is 2.68 bits per heavy atom. The lowest BCUT2D eigenvalue weighted by molar-refractivity contribution is -0.131. The molecule has 0 spiro atoms. The second-order valence-electron chi connectivity index (χ2n) is 5.34. The SMILES string of the molecule is Cl.NCC1CCCN1C(=O)CCCNC(=O)c1ccccc1. The lowest BCUT2D eigenvalue weighted by Gasteiger charge is -2.23. The van der Waals surface area contributed by atoms with E-state index in [0.717, 1.165) is 19.4 Å². The minimum atomic E-state index is -0.0935. The van der Waals surface area contributed by atoms with Crippen LogP contribution in [0.2, 0.25) is 0 Å². The monoisotopic (exact) mass is 325 g/mol. The van der Waals surface area contributed by atoms with Crippen molar-refractivity contribution in [3.8, 4) is 0 Å². The average molecular weight is 326 g/mol. The molecule has 0 aliphatic carbocycles. The molecule has 1 aromatic rings. The second kappa shape index (κ2) is 9.43. The molecule has 1 unspecified atom stereocenters. The van der Waals surface area contributed by atoms with Crippen molar-refractivity contribution in [2.24, 2.45) is 5.73 Å². The Bertz CT molecular complexity index is 482. The maximum absolute atomic E-state index is 12.1. The summed E-state index contributed by atoms with van der Waals surface area (Å²) >= 11 is 0. The van der Waals surface area contributed by atoms with E-state index < -0.39 is 0 Å². The lowest BCUT2D eigenvalue weighted by Crippen LogP contribution is -2.40. The van der Waals surface area contributed by atoms with Gasteiger partial charge in [-0.2, -0.15) is 0 Å². The number of carbonyl (C=O) groups excluding carboxylic acids is 2. The third-order valence-corrected chi connectivity index (χ3v) is 3.86. The number of halogens is 1. The Labute approximate surface area is 137 Å². The maximum Gasteiger partial charge on any atom is 0.251 e. The van der Waals surface area contributed by atoms with Crippen molar-refractivity contribution in [2.75, 3.05) is 19.6 Å². The molecule has 1 saturated heterocycles. The van der Waals surface area contributed by atoms with Gasteiger partial charge in [0.2, 0.25) is 5.91 Å². The van der Waals surface area contributed by atoms with Gasteiger partial charge in [0.1, 0.15) is 0 Å². The summed E-state index contributed by atoms with van der Waals surface area (Å²) in [4.78, 5) is 25.8. The maximum atomic E-state index is 12.1.